The predicted molar refractivity (Wildman–Crippen MR) is 152 cm³/mol. The van der Waals surface area contributed by atoms with Crippen LogP contribution in [0.1, 0.15) is 81.2 Å². The van der Waals surface area contributed by atoms with E-state index in [1.54, 1.807) is 13.8 Å². The maximum absolute atomic E-state index is 12.4. The maximum atomic E-state index is 12.4. The van der Waals surface area contributed by atoms with Crippen molar-refractivity contribution in [1.82, 2.24) is 0 Å². The van der Waals surface area contributed by atoms with Crippen LogP contribution < -0.4 is 15.2 Å². The fourth-order valence-corrected chi connectivity index (χ4v) is 3.35. The maximum Gasteiger partial charge on any atom is 0.513 e. The molecular formula is C30H47NO10. The second kappa shape index (κ2) is 14.5. The molecule has 11 nitrogen and oxygen atoms in total. The van der Waals surface area contributed by atoms with Crippen molar-refractivity contribution in [2.24, 2.45) is 28.4 Å². The van der Waals surface area contributed by atoms with E-state index < -0.39 is 35.9 Å². The molecule has 0 saturated heterocycles. The Labute approximate surface area is 243 Å². The number of rotatable bonds is 12. The van der Waals surface area contributed by atoms with Crippen molar-refractivity contribution in [2.45, 2.75) is 93.7 Å². The lowest BCUT2D eigenvalue weighted by molar-refractivity contribution is -0.157. The Morgan fingerprint density at radius 2 is 1.32 bits per heavy atom. The summed E-state index contributed by atoms with van der Waals surface area (Å²) in [4.78, 5) is 49.3. The lowest BCUT2D eigenvalue weighted by Gasteiger charge is -2.29. The van der Waals surface area contributed by atoms with Crippen molar-refractivity contribution >= 4 is 24.2 Å². The zero-order chi connectivity index (χ0) is 31.8. The molecule has 0 aliphatic rings. The smallest absolute Gasteiger partial charge is 0.480 e. The van der Waals surface area contributed by atoms with Gasteiger partial charge < -0.3 is 34.5 Å². The Morgan fingerprint density at radius 1 is 0.829 bits per heavy atom. The van der Waals surface area contributed by atoms with E-state index in [0.29, 0.717) is 5.56 Å². The van der Waals surface area contributed by atoms with E-state index in [2.05, 4.69) is 0 Å². The van der Waals surface area contributed by atoms with E-state index in [9.17, 15) is 24.3 Å². The molecule has 0 saturated carbocycles. The molecule has 1 rings (SSSR count). The molecule has 0 bridgehead atoms. The molecule has 1 aromatic rings. The third-order valence-electron chi connectivity index (χ3n) is 5.93. The summed E-state index contributed by atoms with van der Waals surface area (Å²) < 4.78 is 26.4. The number of carbonyl (C=O) groups excluding carboxylic acids is 3. The van der Waals surface area contributed by atoms with Gasteiger partial charge in [0.2, 0.25) is 0 Å². The first-order valence-electron chi connectivity index (χ1n) is 13.7. The molecule has 0 radical (unpaired) electrons. The van der Waals surface area contributed by atoms with Gasteiger partial charge in [0.25, 0.3) is 0 Å². The van der Waals surface area contributed by atoms with Crippen molar-refractivity contribution in [2.75, 3.05) is 13.2 Å². The van der Waals surface area contributed by atoms with Gasteiger partial charge in [-0.15, -0.1) is 0 Å². The van der Waals surface area contributed by atoms with Gasteiger partial charge in [-0.3, -0.25) is 9.59 Å². The van der Waals surface area contributed by atoms with Crippen molar-refractivity contribution in [3.05, 3.63) is 23.8 Å². The summed E-state index contributed by atoms with van der Waals surface area (Å²) in [5, 5.41) is 9.98. The minimum atomic E-state index is -1.83. The van der Waals surface area contributed by atoms with Crippen LogP contribution in [0.4, 0.5) is 9.59 Å². The van der Waals surface area contributed by atoms with Gasteiger partial charge in [0, 0.05) is 12.8 Å². The van der Waals surface area contributed by atoms with Crippen LogP contribution in [0.5, 0.6) is 11.5 Å². The average molecular weight is 582 g/mol. The van der Waals surface area contributed by atoms with Gasteiger partial charge in [-0.25, -0.2) is 9.59 Å². The van der Waals surface area contributed by atoms with Crippen LogP contribution in [0, 0.1) is 22.7 Å². The number of carbonyl (C=O) groups is 4. The van der Waals surface area contributed by atoms with Gasteiger partial charge in [0.1, 0.15) is 11.6 Å². The van der Waals surface area contributed by atoms with Crippen LogP contribution in [0.25, 0.3) is 0 Å². The van der Waals surface area contributed by atoms with Crippen LogP contribution in [0.15, 0.2) is 18.2 Å². The monoisotopic (exact) mass is 581 g/mol. The van der Waals surface area contributed by atoms with E-state index in [-0.39, 0.29) is 60.2 Å². The number of hydrogen-bond acceptors (Lipinski definition) is 10. The molecule has 3 N–H and O–H groups in total. The molecule has 0 aromatic heterocycles. The number of hydrogen-bond donors (Lipinski definition) is 2. The quantitative estimate of drug-likeness (QED) is 0.176. The normalized spacial score (nSPS) is 14.8. The molecule has 0 aliphatic heterocycles. The fourth-order valence-electron chi connectivity index (χ4n) is 3.35. The Hall–Kier alpha value is -3.34. The molecule has 0 heterocycles. The first-order chi connectivity index (χ1) is 18.6. The minimum Gasteiger partial charge on any atom is -0.480 e. The molecule has 0 aliphatic carbocycles. The highest BCUT2D eigenvalue weighted by molar-refractivity contribution is 5.79. The third-order valence-corrected chi connectivity index (χ3v) is 5.93. The standard InChI is InChI=1S/C30H47NO10/c1-18(2)20(4)24(32)39-19(3)14-30(31,25(33)34)15-21-11-12-22(40-26(35)37-16-28(5,6)7)23(13-21)41-27(36)38-17-29(8,9)10/h11-13,18-20H,14-17,31H2,1-10H3,(H,33,34)/t19-,20?,30?/m0/s1. The molecular weight excluding hydrogens is 534 g/mol. The summed E-state index contributed by atoms with van der Waals surface area (Å²) in [6.07, 6.45) is -3.23. The summed E-state index contributed by atoms with van der Waals surface area (Å²) >= 11 is 0. The second-order valence-corrected chi connectivity index (χ2v) is 13.3. The van der Waals surface area contributed by atoms with Crippen molar-refractivity contribution in [3.8, 4) is 11.5 Å². The summed E-state index contributed by atoms with van der Waals surface area (Å²) in [5.41, 5.74) is 4.19. The van der Waals surface area contributed by atoms with Gasteiger partial charge in [0.15, 0.2) is 11.5 Å². The van der Waals surface area contributed by atoms with Crippen LogP contribution in [0.3, 0.4) is 0 Å². The van der Waals surface area contributed by atoms with E-state index in [1.807, 2.05) is 55.4 Å². The van der Waals surface area contributed by atoms with Crippen LogP contribution in [-0.2, 0) is 30.2 Å². The molecule has 232 valence electrons. The highest BCUT2D eigenvalue weighted by Crippen LogP contribution is 2.32. The number of carboxylic acids is 1. The number of carboxylic acid groups (broad SMARTS) is 1. The van der Waals surface area contributed by atoms with Gasteiger partial charge >= 0.3 is 24.2 Å². The molecule has 11 heteroatoms. The molecule has 2 unspecified atom stereocenters. The summed E-state index contributed by atoms with van der Waals surface area (Å²) in [6, 6.07) is 4.17. The highest BCUT2D eigenvalue weighted by Gasteiger charge is 2.38. The largest absolute Gasteiger partial charge is 0.513 e. The van der Waals surface area contributed by atoms with Crippen LogP contribution >= 0.6 is 0 Å². The van der Waals surface area contributed by atoms with Gasteiger partial charge in [0.05, 0.1) is 19.1 Å². The Kier molecular flexibility index (Phi) is 12.6. The van der Waals surface area contributed by atoms with Crippen molar-refractivity contribution in [1.29, 1.82) is 0 Å². The number of ether oxygens (including phenoxy) is 5. The van der Waals surface area contributed by atoms with Crippen LogP contribution in [0.2, 0.25) is 0 Å². The van der Waals surface area contributed by atoms with E-state index >= 15 is 0 Å². The SMILES string of the molecule is CC(C)C(C)C(=O)O[C@@H](C)CC(N)(Cc1ccc(OC(=O)OCC(C)(C)C)c(OC(=O)OCC(C)(C)C)c1)C(=O)O. The third kappa shape index (κ3) is 13.2. The van der Waals surface area contributed by atoms with Crippen LogP contribution in [-0.4, -0.2) is 54.2 Å². The Bertz CT molecular complexity index is 1070. The van der Waals surface area contributed by atoms with Crippen molar-refractivity contribution in [3.63, 3.8) is 0 Å². The molecule has 3 atom stereocenters. The van der Waals surface area contributed by atoms with E-state index in [0.717, 1.165) is 0 Å². The lowest BCUT2D eigenvalue weighted by Crippen LogP contribution is -2.52. The minimum absolute atomic E-state index is 0.0526. The summed E-state index contributed by atoms with van der Waals surface area (Å²) in [7, 11) is 0. The molecule has 41 heavy (non-hydrogen) atoms. The average Bonchev–Trinajstić information content (AvgIpc) is 2.81. The number of aliphatic carboxylic acids is 1. The fraction of sp³-hybridized carbons (Fsp3) is 0.667. The van der Waals surface area contributed by atoms with Crippen molar-refractivity contribution < 1.29 is 48.0 Å². The molecule has 0 fully saturated rings. The predicted octanol–water partition coefficient (Wildman–Crippen LogP) is 5.75. The van der Waals surface area contributed by atoms with Gasteiger partial charge in [-0.2, -0.15) is 0 Å². The van der Waals surface area contributed by atoms with Gasteiger partial charge in [-0.1, -0.05) is 68.4 Å². The number of nitrogens with two attached hydrogens (primary N) is 1. The van der Waals surface area contributed by atoms with Gasteiger partial charge in [-0.05, 0) is 41.4 Å². The lowest BCUT2D eigenvalue weighted by atomic mass is 9.86. The molecule has 0 amide bonds. The molecule has 0 spiro atoms. The number of esters is 1. The highest BCUT2D eigenvalue weighted by atomic mass is 16.7. The number of benzene rings is 1. The second-order valence-electron chi connectivity index (χ2n) is 13.3. The molecule has 1 aromatic carbocycles. The van der Waals surface area contributed by atoms with E-state index in [1.165, 1.54) is 18.2 Å². The first kappa shape index (κ1) is 35.7. The topological polar surface area (TPSA) is 161 Å². The zero-order valence-electron chi connectivity index (χ0n) is 26.0. The Balaban J connectivity index is 3.22. The summed E-state index contributed by atoms with van der Waals surface area (Å²) in [5.74, 6) is -2.39. The Morgan fingerprint density at radius 3 is 1.76 bits per heavy atom. The van der Waals surface area contributed by atoms with E-state index in [4.69, 9.17) is 29.4 Å². The zero-order valence-corrected chi connectivity index (χ0v) is 26.0. The first-order valence-corrected chi connectivity index (χ1v) is 13.7. The summed E-state index contributed by atoms with van der Waals surface area (Å²) in [6.45, 7) is 18.5.